The first-order chi connectivity index (χ1) is 9.70. The Morgan fingerprint density at radius 1 is 1.50 bits per heavy atom. The number of aromatic nitrogens is 1. The third kappa shape index (κ3) is 6.38. The first kappa shape index (κ1) is 21.6. The zero-order chi connectivity index (χ0) is 14.4. The third-order valence-corrected chi connectivity index (χ3v) is 4.70. The lowest BCUT2D eigenvalue weighted by atomic mass is 9.92. The number of nitrogens with one attached hydrogen (secondary N) is 1. The molecular formula is C14H25Cl2N3O2S. The van der Waals surface area contributed by atoms with Gasteiger partial charge in [-0.25, -0.2) is 4.98 Å². The molecular weight excluding hydrogens is 345 g/mol. The summed E-state index contributed by atoms with van der Waals surface area (Å²) in [5.41, 5.74) is 7.06. The Morgan fingerprint density at radius 2 is 2.18 bits per heavy atom. The first-order valence-corrected chi connectivity index (χ1v) is 8.13. The summed E-state index contributed by atoms with van der Waals surface area (Å²) < 4.78 is 5.29. The van der Waals surface area contributed by atoms with Gasteiger partial charge >= 0.3 is 0 Å². The van der Waals surface area contributed by atoms with E-state index in [1.807, 2.05) is 0 Å². The van der Waals surface area contributed by atoms with E-state index >= 15 is 0 Å². The van der Waals surface area contributed by atoms with Crippen molar-refractivity contribution in [3.8, 4) is 0 Å². The van der Waals surface area contributed by atoms with E-state index in [2.05, 4.69) is 22.6 Å². The van der Waals surface area contributed by atoms with Crippen LogP contribution in [0.1, 0.15) is 30.5 Å². The SMILES string of the molecule is CCc1nc(CCNC(=O)C(N)C2CCOCC2)cs1.Cl.Cl. The molecule has 1 unspecified atom stereocenters. The van der Waals surface area contributed by atoms with Crippen molar-refractivity contribution in [1.29, 1.82) is 0 Å². The molecule has 1 aliphatic heterocycles. The van der Waals surface area contributed by atoms with E-state index in [-0.39, 0.29) is 36.6 Å². The molecule has 5 nitrogen and oxygen atoms in total. The molecule has 3 N–H and O–H groups in total. The van der Waals surface area contributed by atoms with E-state index in [0.29, 0.717) is 19.8 Å². The Morgan fingerprint density at radius 3 is 2.77 bits per heavy atom. The Bertz CT molecular complexity index is 439. The van der Waals surface area contributed by atoms with Gasteiger partial charge < -0.3 is 15.8 Å². The number of nitrogens with zero attached hydrogens (tertiary/aromatic N) is 1. The molecule has 1 saturated heterocycles. The van der Waals surface area contributed by atoms with E-state index in [9.17, 15) is 4.79 Å². The summed E-state index contributed by atoms with van der Waals surface area (Å²) in [5.74, 6) is 0.192. The molecule has 1 aromatic rings. The average molecular weight is 370 g/mol. The molecule has 0 bridgehead atoms. The summed E-state index contributed by atoms with van der Waals surface area (Å²) in [6.07, 6.45) is 3.48. The van der Waals surface area contributed by atoms with Crippen LogP contribution in [0.15, 0.2) is 5.38 Å². The largest absolute Gasteiger partial charge is 0.381 e. The molecule has 2 rings (SSSR count). The number of aryl methyl sites for hydroxylation is 1. The van der Waals surface area contributed by atoms with Gasteiger partial charge in [-0.3, -0.25) is 4.79 Å². The van der Waals surface area contributed by atoms with Gasteiger partial charge in [0.1, 0.15) is 0 Å². The monoisotopic (exact) mass is 369 g/mol. The van der Waals surface area contributed by atoms with Crippen LogP contribution in [0.25, 0.3) is 0 Å². The van der Waals surface area contributed by atoms with Crippen molar-refractivity contribution in [2.45, 2.75) is 38.6 Å². The molecule has 0 aliphatic carbocycles. The van der Waals surface area contributed by atoms with Crippen LogP contribution in [-0.4, -0.2) is 36.7 Å². The highest BCUT2D eigenvalue weighted by Gasteiger charge is 2.26. The van der Waals surface area contributed by atoms with Gasteiger partial charge in [-0.15, -0.1) is 36.2 Å². The fourth-order valence-corrected chi connectivity index (χ4v) is 3.13. The predicted octanol–water partition coefficient (Wildman–Crippen LogP) is 1.96. The molecule has 0 saturated carbocycles. The molecule has 0 radical (unpaired) electrons. The van der Waals surface area contributed by atoms with Gasteiger partial charge in [-0.1, -0.05) is 6.92 Å². The molecule has 8 heteroatoms. The Labute approximate surface area is 148 Å². The second-order valence-electron chi connectivity index (χ2n) is 5.10. The molecule has 22 heavy (non-hydrogen) atoms. The number of rotatable bonds is 6. The molecule has 0 aromatic carbocycles. The molecule has 0 spiro atoms. The number of hydrogen-bond acceptors (Lipinski definition) is 5. The van der Waals surface area contributed by atoms with Crippen LogP contribution in [0.2, 0.25) is 0 Å². The van der Waals surface area contributed by atoms with E-state index in [1.54, 1.807) is 11.3 Å². The minimum atomic E-state index is -0.416. The van der Waals surface area contributed by atoms with Gasteiger partial charge in [0.2, 0.25) is 5.91 Å². The van der Waals surface area contributed by atoms with Crippen molar-refractivity contribution >= 4 is 42.1 Å². The Balaban J connectivity index is 0.00000220. The molecule has 1 aliphatic rings. The highest BCUT2D eigenvalue weighted by molar-refractivity contribution is 7.09. The summed E-state index contributed by atoms with van der Waals surface area (Å²) >= 11 is 1.68. The van der Waals surface area contributed by atoms with E-state index in [1.165, 1.54) is 0 Å². The maximum Gasteiger partial charge on any atom is 0.237 e. The minimum Gasteiger partial charge on any atom is -0.381 e. The number of thiazole rings is 1. The van der Waals surface area contributed by atoms with Gasteiger partial charge in [0.15, 0.2) is 0 Å². The number of ether oxygens (including phenoxy) is 1. The maximum atomic E-state index is 12.0. The van der Waals surface area contributed by atoms with Crippen molar-refractivity contribution in [2.75, 3.05) is 19.8 Å². The predicted molar refractivity (Wildman–Crippen MR) is 94.2 cm³/mol. The first-order valence-electron chi connectivity index (χ1n) is 7.25. The van der Waals surface area contributed by atoms with Crippen LogP contribution in [0.4, 0.5) is 0 Å². The van der Waals surface area contributed by atoms with Crippen molar-refractivity contribution in [1.82, 2.24) is 10.3 Å². The number of carbonyl (C=O) groups is 1. The number of halogens is 2. The van der Waals surface area contributed by atoms with E-state index in [0.717, 1.165) is 36.4 Å². The summed E-state index contributed by atoms with van der Waals surface area (Å²) in [6, 6.07) is -0.416. The van der Waals surface area contributed by atoms with Crippen LogP contribution in [-0.2, 0) is 22.4 Å². The lowest BCUT2D eigenvalue weighted by molar-refractivity contribution is -0.124. The fourth-order valence-electron chi connectivity index (χ4n) is 2.35. The molecule has 1 fully saturated rings. The van der Waals surface area contributed by atoms with Gasteiger partial charge in [-0.05, 0) is 25.2 Å². The smallest absolute Gasteiger partial charge is 0.237 e. The zero-order valence-electron chi connectivity index (χ0n) is 12.7. The summed E-state index contributed by atoms with van der Waals surface area (Å²) in [6.45, 7) is 4.12. The molecule has 2 heterocycles. The topological polar surface area (TPSA) is 77.2 Å². The molecule has 1 amide bonds. The van der Waals surface area contributed by atoms with Gasteiger partial charge in [0, 0.05) is 31.6 Å². The van der Waals surface area contributed by atoms with Crippen LogP contribution in [0.5, 0.6) is 0 Å². The highest BCUT2D eigenvalue weighted by Crippen LogP contribution is 2.17. The van der Waals surface area contributed by atoms with Crippen LogP contribution in [0, 0.1) is 5.92 Å². The van der Waals surface area contributed by atoms with Gasteiger partial charge in [0.05, 0.1) is 16.7 Å². The normalized spacial score (nSPS) is 16.3. The van der Waals surface area contributed by atoms with Crippen molar-refractivity contribution < 1.29 is 9.53 Å². The van der Waals surface area contributed by atoms with Crippen LogP contribution < -0.4 is 11.1 Å². The number of nitrogens with two attached hydrogens (primary N) is 1. The van der Waals surface area contributed by atoms with Crippen molar-refractivity contribution in [2.24, 2.45) is 11.7 Å². The summed E-state index contributed by atoms with van der Waals surface area (Å²) in [4.78, 5) is 16.5. The second-order valence-corrected chi connectivity index (χ2v) is 6.05. The lowest BCUT2D eigenvalue weighted by Gasteiger charge is -2.26. The number of hydrogen-bond donors (Lipinski definition) is 2. The van der Waals surface area contributed by atoms with Gasteiger partial charge in [-0.2, -0.15) is 0 Å². The molecule has 128 valence electrons. The number of carbonyl (C=O) groups excluding carboxylic acids is 1. The van der Waals surface area contributed by atoms with Crippen LogP contribution >= 0.6 is 36.2 Å². The summed E-state index contributed by atoms with van der Waals surface area (Å²) in [7, 11) is 0. The van der Waals surface area contributed by atoms with Gasteiger partial charge in [0.25, 0.3) is 0 Å². The zero-order valence-corrected chi connectivity index (χ0v) is 15.2. The molecule has 1 atom stereocenters. The second kappa shape index (κ2) is 11.2. The fraction of sp³-hybridized carbons (Fsp3) is 0.714. The summed E-state index contributed by atoms with van der Waals surface area (Å²) in [5, 5.41) is 6.12. The highest BCUT2D eigenvalue weighted by atomic mass is 35.5. The Hall–Kier alpha value is -0.400. The third-order valence-electron chi connectivity index (χ3n) is 3.66. The van der Waals surface area contributed by atoms with Crippen LogP contribution in [0.3, 0.4) is 0 Å². The molecule has 1 aromatic heterocycles. The average Bonchev–Trinajstić information content (AvgIpc) is 2.95. The van der Waals surface area contributed by atoms with E-state index < -0.39 is 6.04 Å². The number of amides is 1. The quantitative estimate of drug-likeness (QED) is 0.803. The van der Waals surface area contributed by atoms with Crippen molar-refractivity contribution in [3.63, 3.8) is 0 Å². The lowest BCUT2D eigenvalue weighted by Crippen LogP contribution is -2.47. The standard InChI is InChI=1S/C14H23N3O2S.2ClH/c1-2-12-17-11(9-20-12)3-6-16-14(18)13(15)10-4-7-19-8-5-10;;/h9-10,13H,2-8,15H2,1H3,(H,16,18);2*1H. The Kier molecular flexibility index (Phi) is 11.0. The van der Waals surface area contributed by atoms with Crippen molar-refractivity contribution in [3.05, 3.63) is 16.1 Å². The maximum absolute atomic E-state index is 12.0. The van der Waals surface area contributed by atoms with E-state index in [4.69, 9.17) is 10.5 Å². The minimum absolute atomic E-state index is 0.